The van der Waals surface area contributed by atoms with Crippen molar-refractivity contribution in [3.63, 3.8) is 0 Å². The number of rotatable bonds is 4. The third-order valence-electron chi connectivity index (χ3n) is 10.3. The van der Waals surface area contributed by atoms with Crippen LogP contribution in [-0.2, 0) is 0 Å². The van der Waals surface area contributed by atoms with E-state index in [1.165, 1.54) is 21.7 Å². The van der Waals surface area contributed by atoms with Crippen LogP contribution in [0.3, 0.4) is 0 Å². The van der Waals surface area contributed by atoms with Gasteiger partial charge < -0.3 is 4.42 Å². The summed E-state index contributed by atoms with van der Waals surface area (Å²) in [7, 11) is 0. The molecule has 0 spiro atoms. The van der Waals surface area contributed by atoms with Crippen molar-refractivity contribution in [3.8, 4) is 39.9 Å². The Labute approximate surface area is 298 Å². The number of hydrogen-bond donors (Lipinski definition) is 0. The predicted molar refractivity (Wildman–Crippen MR) is 213 cm³/mol. The molecule has 5 heteroatoms. The van der Waals surface area contributed by atoms with Crippen molar-refractivity contribution in [2.24, 2.45) is 0 Å². The molecule has 3 aromatic heterocycles. The molecule has 11 rings (SSSR count). The van der Waals surface area contributed by atoms with Crippen LogP contribution >= 0.6 is 0 Å². The van der Waals surface area contributed by atoms with Crippen LogP contribution in [0.1, 0.15) is 0 Å². The lowest BCUT2D eigenvalue weighted by Gasteiger charge is -2.11. The number of fused-ring (bicyclic) bond motifs is 12. The number of furan rings is 1. The number of hydrogen-bond acceptors (Lipinski definition) is 4. The largest absolute Gasteiger partial charge is 0.455 e. The van der Waals surface area contributed by atoms with E-state index in [4.69, 9.17) is 19.4 Å². The van der Waals surface area contributed by atoms with E-state index in [9.17, 15) is 0 Å². The van der Waals surface area contributed by atoms with Gasteiger partial charge >= 0.3 is 0 Å². The van der Waals surface area contributed by atoms with Gasteiger partial charge in [0.25, 0.3) is 0 Å². The fourth-order valence-electron chi connectivity index (χ4n) is 7.92. The first-order chi connectivity index (χ1) is 25.8. The van der Waals surface area contributed by atoms with Crippen LogP contribution in [0.4, 0.5) is 0 Å². The Hall–Kier alpha value is -7.11. The zero-order chi connectivity index (χ0) is 34.2. The van der Waals surface area contributed by atoms with E-state index >= 15 is 0 Å². The number of para-hydroxylation sites is 1. The molecule has 0 aliphatic carbocycles. The van der Waals surface area contributed by atoms with Gasteiger partial charge in [0, 0.05) is 38.1 Å². The maximum absolute atomic E-state index is 6.79. The normalized spacial score (nSPS) is 11.8. The van der Waals surface area contributed by atoms with E-state index in [-0.39, 0.29) is 0 Å². The van der Waals surface area contributed by atoms with Crippen LogP contribution in [0.5, 0.6) is 0 Å². The summed E-state index contributed by atoms with van der Waals surface area (Å²) in [4.78, 5) is 15.4. The van der Waals surface area contributed by atoms with Gasteiger partial charge in [-0.2, -0.15) is 9.97 Å². The Morgan fingerprint density at radius 3 is 1.58 bits per heavy atom. The molecule has 0 aliphatic rings. The maximum atomic E-state index is 6.79. The van der Waals surface area contributed by atoms with Gasteiger partial charge in [-0.1, -0.05) is 152 Å². The van der Waals surface area contributed by atoms with Crippen molar-refractivity contribution >= 4 is 65.3 Å². The molecule has 0 unspecified atom stereocenters. The van der Waals surface area contributed by atoms with Crippen molar-refractivity contribution in [3.05, 3.63) is 170 Å². The summed E-state index contributed by atoms with van der Waals surface area (Å²) >= 11 is 0. The second-order valence-corrected chi connectivity index (χ2v) is 13.2. The molecule has 0 N–H and O–H groups in total. The van der Waals surface area contributed by atoms with Crippen molar-refractivity contribution in [1.82, 2.24) is 19.5 Å². The van der Waals surface area contributed by atoms with E-state index in [1.807, 2.05) is 36.4 Å². The SMILES string of the molecule is c1ccc(-c2ccc(-c3nc(-c4ccccc4)nc(-n4c5ccccc5c5c6c(ccc54)oc4c5ccccc5c5ccccc5c46)n3)cc2)cc1. The first-order valence-corrected chi connectivity index (χ1v) is 17.5. The molecule has 0 fully saturated rings. The van der Waals surface area contributed by atoms with Crippen molar-refractivity contribution in [2.75, 3.05) is 0 Å². The Kier molecular flexibility index (Phi) is 6.18. The summed E-state index contributed by atoms with van der Waals surface area (Å²) < 4.78 is 8.97. The summed E-state index contributed by atoms with van der Waals surface area (Å²) in [6, 6.07) is 58.9. The molecule has 0 aliphatic heterocycles. The molecule has 5 nitrogen and oxygen atoms in total. The Balaban J connectivity index is 1.22. The van der Waals surface area contributed by atoms with E-state index in [2.05, 4.69) is 138 Å². The zero-order valence-electron chi connectivity index (χ0n) is 27.9. The lowest BCUT2D eigenvalue weighted by molar-refractivity contribution is 0.673. The van der Waals surface area contributed by atoms with Gasteiger partial charge in [-0.25, -0.2) is 4.98 Å². The minimum Gasteiger partial charge on any atom is -0.455 e. The first kappa shape index (κ1) is 28.7. The van der Waals surface area contributed by atoms with E-state index in [0.29, 0.717) is 17.6 Å². The van der Waals surface area contributed by atoms with Gasteiger partial charge in [0.15, 0.2) is 11.6 Å². The smallest absolute Gasteiger partial charge is 0.238 e. The number of nitrogens with zero attached hydrogens (tertiary/aromatic N) is 4. The topological polar surface area (TPSA) is 56.7 Å². The molecule has 0 saturated heterocycles. The molecular weight excluding hydrogens is 637 g/mol. The van der Waals surface area contributed by atoms with Gasteiger partial charge in [0.05, 0.1) is 11.0 Å². The summed E-state index contributed by atoms with van der Waals surface area (Å²) in [6.07, 6.45) is 0. The predicted octanol–water partition coefficient (Wildman–Crippen LogP) is 12.2. The van der Waals surface area contributed by atoms with Gasteiger partial charge in [0.1, 0.15) is 11.2 Å². The van der Waals surface area contributed by atoms with Crippen LogP contribution in [-0.4, -0.2) is 19.5 Å². The van der Waals surface area contributed by atoms with Crippen LogP contribution in [0.15, 0.2) is 174 Å². The highest BCUT2D eigenvalue weighted by Crippen LogP contribution is 2.46. The molecule has 0 saturated carbocycles. The van der Waals surface area contributed by atoms with E-state index < -0.39 is 0 Å². The minimum absolute atomic E-state index is 0.560. The molecular formula is C47H28N4O. The van der Waals surface area contributed by atoms with Gasteiger partial charge in [-0.3, -0.25) is 4.57 Å². The molecule has 0 radical (unpaired) electrons. The van der Waals surface area contributed by atoms with E-state index in [1.54, 1.807) is 0 Å². The van der Waals surface area contributed by atoms with Gasteiger partial charge in [-0.15, -0.1) is 0 Å². The molecule has 0 atom stereocenters. The molecule has 0 bridgehead atoms. The Morgan fingerprint density at radius 2 is 0.865 bits per heavy atom. The average molecular weight is 665 g/mol. The Bertz CT molecular complexity index is 3160. The summed E-state index contributed by atoms with van der Waals surface area (Å²) in [6.45, 7) is 0. The summed E-state index contributed by atoms with van der Waals surface area (Å²) in [5.41, 5.74) is 7.93. The average Bonchev–Trinajstić information content (AvgIpc) is 3.78. The van der Waals surface area contributed by atoms with Crippen molar-refractivity contribution < 1.29 is 4.42 Å². The molecule has 0 amide bonds. The lowest BCUT2D eigenvalue weighted by Crippen LogP contribution is -2.06. The minimum atomic E-state index is 0.560. The van der Waals surface area contributed by atoms with Crippen LogP contribution in [0, 0.1) is 0 Å². The van der Waals surface area contributed by atoms with Gasteiger partial charge in [-0.05, 0) is 45.5 Å². The van der Waals surface area contributed by atoms with Crippen LogP contribution < -0.4 is 0 Å². The highest BCUT2D eigenvalue weighted by molar-refractivity contribution is 6.36. The summed E-state index contributed by atoms with van der Waals surface area (Å²) in [5.74, 6) is 1.79. The third-order valence-corrected chi connectivity index (χ3v) is 10.3. The maximum Gasteiger partial charge on any atom is 0.238 e. The summed E-state index contributed by atoms with van der Waals surface area (Å²) in [5, 5.41) is 9.12. The molecule has 8 aromatic carbocycles. The van der Waals surface area contributed by atoms with Crippen molar-refractivity contribution in [2.45, 2.75) is 0 Å². The van der Waals surface area contributed by atoms with E-state index in [0.717, 1.165) is 65.8 Å². The molecule has 3 heterocycles. The second kappa shape index (κ2) is 11.2. The Morgan fingerprint density at radius 1 is 0.346 bits per heavy atom. The standard InChI is InChI=1S/C47H28N4O/c1-3-13-29(14-4-1)30-23-25-32(26-24-30)46-48-45(31-15-5-2-6-16-31)49-47(50-46)51-38-22-12-11-21-37(38)41-39(51)27-28-40-43(41)42-35-19-9-7-17-33(35)34-18-8-10-20-36(34)44(42)52-40/h1-28H. The fourth-order valence-corrected chi connectivity index (χ4v) is 7.92. The number of aromatic nitrogens is 4. The highest BCUT2D eigenvalue weighted by atomic mass is 16.3. The highest BCUT2D eigenvalue weighted by Gasteiger charge is 2.23. The van der Waals surface area contributed by atoms with Gasteiger partial charge in [0.2, 0.25) is 5.95 Å². The quantitative estimate of drug-likeness (QED) is 0.176. The zero-order valence-corrected chi connectivity index (χ0v) is 27.9. The lowest BCUT2D eigenvalue weighted by atomic mass is 9.95. The molecule has 242 valence electrons. The number of benzene rings is 8. The fraction of sp³-hybridized carbons (Fsp3) is 0. The monoisotopic (exact) mass is 664 g/mol. The molecule has 11 aromatic rings. The molecule has 52 heavy (non-hydrogen) atoms. The second-order valence-electron chi connectivity index (χ2n) is 13.2. The van der Waals surface area contributed by atoms with Crippen LogP contribution in [0.25, 0.3) is 105 Å². The third kappa shape index (κ3) is 4.26. The first-order valence-electron chi connectivity index (χ1n) is 17.5. The van der Waals surface area contributed by atoms with Crippen molar-refractivity contribution in [1.29, 1.82) is 0 Å². The van der Waals surface area contributed by atoms with Crippen LogP contribution in [0.2, 0.25) is 0 Å².